The molecule has 0 bridgehead atoms. The summed E-state index contributed by atoms with van der Waals surface area (Å²) >= 11 is 6.01. The van der Waals surface area contributed by atoms with E-state index in [1.54, 1.807) is 7.11 Å². The zero-order valence-electron chi connectivity index (χ0n) is 14.1. The molecule has 2 aromatic carbocycles. The summed E-state index contributed by atoms with van der Waals surface area (Å²) in [5.41, 5.74) is 2.86. The van der Waals surface area contributed by atoms with Crippen molar-refractivity contribution in [2.45, 2.75) is 13.5 Å². The van der Waals surface area contributed by atoms with Gasteiger partial charge in [0.05, 0.1) is 7.11 Å². The van der Waals surface area contributed by atoms with Crippen LogP contribution >= 0.6 is 11.6 Å². The molecule has 0 spiro atoms. The summed E-state index contributed by atoms with van der Waals surface area (Å²) in [6, 6.07) is 17.3. The van der Waals surface area contributed by atoms with Crippen LogP contribution in [0.15, 0.2) is 54.6 Å². The van der Waals surface area contributed by atoms with Crippen molar-refractivity contribution in [2.75, 3.05) is 17.7 Å². The van der Waals surface area contributed by atoms with Gasteiger partial charge in [0.15, 0.2) is 0 Å². The predicted octanol–water partition coefficient (Wildman–Crippen LogP) is 4.80. The summed E-state index contributed by atoms with van der Waals surface area (Å²) < 4.78 is 5.17. The van der Waals surface area contributed by atoms with Gasteiger partial charge in [-0.05, 0) is 42.8 Å². The highest BCUT2D eigenvalue weighted by molar-refractivity contribution is 6.30. The van der Waals surface area contributed by atoms with Crippen LogP contribution in [0.1, 0.15) is 11.3 Å². The minimum absolute atomic E-state index is 0.527. The molecule has 0 radical (unpaired) electrons. The van der Waals surface area contributed by atoms with Gasteiger partial charge in [-0.3, -0.25) is 0 Å². The molecule has 1 aromatic heterocycles. The molecule has 0 saturated heterocycles. The second kappa shape index (κ2) is 7.85. The second-order valence-electron chi connectivity index (χ2n) is 5.56. The van der Waals surface area contributed by atoms with Gasteiger partial charge < -0.3 is 15.4 Å². The van der Waals surface area contributed by atoms with E-state index in [9.17, 15) is 0 Å². The monoisotopic (exact) mass is 354 g/mol. The van der Waals surface area contributed by atoms with E-state index in [2.05, 4.69) is 20.6 Å². The van der Waals surface area contributed by atoms with Crippen LogP contribution in [0.5, 0.6) is 5.75 Å². The SMILES string of the molecule is COc1ccc(CNc2cc(C)nc(Nc3cccc(Cl)c3)n2)cc1. The van der Waals surface area contributed by atoms with Crippen LogP contribution in [0.25, 0.3) is 0 Å². The van der Waals surface area contributed by atoms with E-state index in [1.807, 2.05) is 61.5 Å². The number of ether oxygens (including phenoxy) is 1. The lowest BCUT2D eigenvalue weighted by Gasteiger charge is -2.10. The smallest absolute Gasteiger partial charge is 0.229 e. The van der Waals surface area contributed by atoms with E-state index in [0.29, 0.717) is 17.5 Å². The molecule has 6 heteroatoms. The summed E-state index contributed by atoms with van der Waals surface area (Å²) in [5.74, 6) is 2.13. The first-order valence-electron chi connectivity index (χ1n) is 7.87. The maximum Gasteiger partial charge on any atom is 0.229 e. The quantitative estimate of drug-likeness (QED) is 0.665. The van der Waals surface area contributed by atoms with E-state index < -0.39 is 0 Å². The van der Waals surface area contributed by atoms with Crippen molar-refractivity contribution in [3.8, 4) is 5.75 Å². The molecule has 25 heavy (non-hydrogen) atoms. The van der Waals surface area contributed by atoms with Gasteiger partial charge in [-0.1, -0.05) is 29.8 Å². The molecule has 0 amide bonds. The Hall–Kier alpha value is -2.79. The largest absolute Gasteiger partial charge is 0.497 e. The number of nitrogens with zero attached hydrogens (tertiary/aromatic N) is 2. The summed E-state index contributed by atoms with van der Waals surface area (Å²) in [6.45, 7) is 2.60. The lowest BCUT2D eigenvalue weighted by Crippen LogP contribution is -2.05. The van der Waals surface area contributed by atoms with Gasteiger partial charge in [0.25, 0.3) is 0 Å². The van der Waals surface area contributed by atoms with Crippen molar-refractivity contribution in [3.63, 3.8) is 0 Å². The molecule has 0 aliphatic carbocycles. The molecule has 1 heterocycles. The maximum atomic E-state index is 6.01. The van der Waals surface area contributed by atoms with Crippen LogP contribution < -0.4 is 15.4 Å². The Kier molecular flexibility index (Phi) is 5.36. The van der Waals surface area contributed by atoms with Crippen molar-refractivity contribution in [3.05, 3.63) is 70.9 Å². The first-order valence-corrected chi connectivity index (χ1v) is 8.25. The highest BCUT2D eigenvalue weighted by atomic mass is 35.5. The van der Waals surface area contributed by atoms with Crippen LogP contribution in [0.3, 0.4) is 0 Å². The Bertz CT molecular complexity index is 852. The van der Waals surface area contributed by atoms with E-state index in [0.717, 1.165) is 28.5 Å². The molecule has 0 unspecified atom stereocenters. The standard InChI is InChI=1S/C19H19ClN4O/c1-13-10-18(21-12-14-6-8-17(25-2)9-7-14)24-19(22-13)23-16-5-3-4-15(20)11-16/h3-11H,12H2,1-2H3,(H2,21,22,23,24). The van der Waals surface area contributed by atoms with Crippen molar-refractivity contribution < 1.29 is 4.74 Å². The number of halogens is 1. The van der Waals surface area contributed by atoms with Crippen molar-refractivity contribution >= 4 is 29.1 Å². The third-order valence-corrected chi connectivity index (χ3v) is 3.80. The fourth-order valence-corrected chi connectivity index (χ4v) is 2.54. The second-order valence-corrected chi connectivity index (χ2v) is 5.99. The maximum absolute atomic E-state index is 6.01. The number of nitrogens with one attached hydrogen (secondary N) is 2. The number of methoxy groups -OCH3 is 1. The molecule has 0 atom stereocenters. The predicted molar refractivity (Wildman–Crippen MR) is 102 cm³/mol. The fraction of sp³-hybridized carbons (Fsp3) is 0.158. The Morgan fingerprint density at radius 2 is 1.84 bits per heavy atom. The number of anilines is 3. The Labute approximate surface area is 152 Å². The molecule has 0 fully saturated rings. The molecule has 0 aliphatic heterocycles. The van der Waals surface area contributed by atoms with Crippen molar-refractivity contribution in [1.82, 2.24) is 9.97 Å². The zero-order valence-corrected chi connectivity index (χ0v) is 14.8. The minimum atomic E-state index is 0.527. The summed E-state index contributed by atoms with van der Waals surface area (Å²) in [4.78, 5) is 8.92. The molecular weight excluding hydrogens is 336 g/mol. The lowest BCUT2D eigenvalue weighted by atomic mass is 10.2. The van der Waals surface area contributed by atoms with Crippen LogP contribution in [0.2, 0.25) is 5.02 Å². The summed E-state index contributed by atoms with van der Waals surface area (Å²) in [6.07, 6.45) is 0. The normalized spacial score (nSPS) is 10.4. The van der Waals surface area contributed by atoms with Gasteiger partial charge in [-0.2, -0.15) is 4.98 Å². The molecule has 2 N–H and O–H groups in total. The summed E-state index contributed by atoms with van der Waals surface area (Å²) in [5, 5.41) is 7.16. The molecule has 3 aromatic rings. The van der Waals surface area contributed by atoms with Crippen LogP contribution in [0.4, 0.5) is 17.5 Å². The highest BCUT2D eigenvalue weighted by Crippen LogP contribution is 2.20. The fourth-order valence-electron chi connectivity index (χ4n) is 2.35. The van der Waals surface area contributed by atoms with Gasteiger partial charge in [0, 0.05) is 29.0 Å². The Morgan fingerprint density at radius 3 is 2.56 bits per heavy atom. The van der Waals surface area contributed by atoms with Crippen molar-refractivity contribution in [2.24, 2.45) is 0 Å². The molecule has 3 rings (SSSR count). The van der Waals surface area contributed by atoms with E-state index >= 15 is 0 Å². The average Bonchev–Trinajstić information content (AvgIpc) is 2.60. The molecule has 0 saturated carbocycles. The highest BCUT2D eigenvalue weighted by Gasteiger charge is 2.04. The topological polar surface area (TPSA) is 59.1 Å². The minimum Gasteiger partial charge on any atom is -0.497 e. The Balaban J connectivity index is 1.70. The molecule has 5 nitrogen and oxygen atoms in total. The van der Waals surface area contributed by atoms with E-state index in [1.165, 1.54) is 0 Å². The third kappa shape index (κ3) is 4.84. The molecular formula is C19H19ClN4O. The number of hydrogen-bond donors (Lipinski definition) is 2. The van der Waals surface area contributed by atoms with Gasteiger partial charge in [-0.25, -0.2) is 4.98 Å². The number of aromatic nitrogens is 2. The van der Waals surface area contributed by atoms with Crippen LogP contribution in [0, 0.1) is 6.92 Å². The zero-order chi connectivity index (χ0) is 17.6. The first-order chi connectivity index (χ1) is 12.1. The van der Waals surface area contributed by atoms with Crippen LogP contribution in [-0.4, -0.2) is 17.1 Å². The Morgan fingerprint density at radius 1 is 1.04 bits per heavy atom. The number of rotatable bonds is 6. The average molecular weight is 355 g/mol. The molecule has 0 aliphatic rings. The molecule has 128 valence electrons. The van der Waals surface area contributed by atoms with Gasteiger partial charge in [0.2, 0.25) is 5.95 Å². The van der Waals surface area contributed by atoms with Gasteiger partial charge in [-0.15, -0.1) is 0 Å². The number of aryl methyl sites for hydroxylation is 1. The third-order valence-electron chi connectivity index (χ3n) is 3.57. The number of benzene rings is 2. The van der Waals surface area contributed by atoms with E-state index in [4.69, 9.17) is 16.3 Å². The first kappa shape index (κ1) is 17.0. The van der Waals surface area contributed by atoms with Crippen molar-refractivity contribution in [1.29, 1.82) is 0 Å². The van der Waals surface area contributed by atoms with Gasteiger partial charge >= 0.3 is 0 Å². The lowest BCUT2D eigenvalue weighted by molar-refractivity contribution is 0.414. The van der Waals surface area contributed by atoms with E-state index in [-0.39, 0.29) is 0 Å². The summed E-state index contributed by atoms with van der Waals surface area (Å²) in [7, 11) is 1.66. The van der Waals surface area contributed by atoms with Gasteiger partial charge in [0.1, 0.15) is 11.6 Å². The van der Waals surface area contributed by atoms with Crippen LogP contribution in [-0.2, 0) is 6.54 Å². The number of hydrogen-bond acceptors (Lipinski definition) is 5.